The molecule has 0 rings (SSSR count). The number of allylic oxidation sites excluding steroid dienone is 1. The normalized spacial score (nSPS) is 5.92. The molecule has 0 aliphatic heterocycles. The summed E-state index contributed by atoms with van der Waals surface area (Å²) in [6, 6.07) is 0. The highest BCUT2D eigenvalue weighted by atomic mass is 16.1. The lowest BCUT2D eigenvalue weighted by atomic mass is 10.2. The molecule has 0 aromatic carbocycles. The van der Waals surface area contributed by atoms with Crippen LogP contribution in [0.15, 0.2) is 12.7 Å². The number of carbonyl (C=O) groups excluding carboxylic acids is 2. The zero-order chi connectivity index (χ0) is 10.9. The molecule has 2 N–H and O–H groups in total. The predicted molar refractivity (Wildman–Crippen MR) is 51.2 cm³/mol. The number of hydrogen-bond donors (Lipinski definition) is 2. The third kappa shape index (κ3) is 121. The Morgan fingerprint density at radius 1 is 1.23 bits per heavy atom. The standard InChI is InChI=1S/C7H14.2CHNO/c1-3-5-7-6-4-2;2*2-1-3/h3H,1,4-7H2,2H3;2*2H. The molecule has 0 aliphatic carbocycles. The summed E-state index contributed by atoms with van der Waals surface area (Å²) in [4.78, 5) is 16.7. The van der Waals surface area contributed by atoms with Crippen molar-refractivity contribution in [3.63, 3.8) is 0 Å². The molecule has 0 amide bonds. The Balaban J connectivity index is -0.000000140. The molecule has 0 saturated carbocycles. The zero-order valence-electron chi connectivity index (χ0n) is 7.93. The lowest BCUT2D eigenvalue weighted by molar-refractivity contribution is 0.562. The predicted octanol–water partition coefficient (Wildman–Crippen LogP) is 2.55. The van der Waals surface area contributed by atoms with Gasteiger partial charge in [-0.15, -0.1) is 6.58 Å². The van der Waals surface area contributed by atoms with Crippen LogP contribution in [0.2, 0.25) is 0 Å². The fourth-order valence-corrected chi connectivity index (χ4v) is 0.539. The Hall–Kier alpha value is -1.50. The molecule has 0 aromatic heterocycles. The number of nitrogens with one attached hydrogen (secondary N) is 2. The molecule has 74 valence electrons. The lowest BCUT2D eigenvalue weighted by Gasteiger charge is -1.87. The highest BCUT2D eigenvalue weighted by molar-refractivity contribution is 5.26. The summed E-state index contributed by atoms with van der Waals surface area (Å²) < 4.78 is 0. The first-order valence-electron chi connectivity index (χ1n) is 3.93. The van der Waals surface area contributed by atoms with Crippen LogP contribution in [-0.2, 0) is 9.59 Å². The van der Waals surface area contributed by atoms with Crippen molar-refractivity contribution >= 4 is 12.2 Å². The summed E-state index contributed by atoms with van der Waals surface area (Å²) in [6.45, 7) is 5.84. The molecule has 0 heterocycles. The molecule has 0 atom stereocenters. The number of rotatable bonds is 4. The Morgan fingerprint density at radius 2 is 1.62 bits per heavy atom. The van der Waals surface area contributed by atoms with Gasteiger partial charge in [-0.1, -0.05) is 25.8 Å². The van der Waals surface area contributed by atoms with Crippen LogP contribution < -0.4 is 0 Å². The average Bonchev–Trinajstić information content (AvgIpc) is 2.08. The minimum absolute atomic E-state index is 0.750. The molecule has 0 bridgehead atoms. The van der Waals surface area contributed by atoms with Gasteiger partial charge >= 0.3 is 0 Å². The third-order valence-electron chi connectivity index (χ3n) is 1.01. The van der Waals surface area contributed by atoms with Crippen molar-refractivity contribution < 1.29 is 9.59 Å². The van der Waals surface area contributed by atoms with E-state index in [1.54, 1.807) is 0 Å². The molecule has 0 radical (unpaired) electrons. The van der Waals surface area contributed by atoms with Gasteiger partial charge in [-0.05, 0) is 12.8 Å². The van der Waals surface area contributed by atoms with Gasteiger partial charge in [-0.2, -0.15) is 0 Å². The summed E-state index contributed by atoms with van der Waals surface area (Å²) >= 11 is 0. The quantitative estimate of drug-likeness (QED) is 0.304. The Kier molecular flexibility index (Phi) is 42.3. The van der Waals surface area contributed by atoms with Crippen LogP contribution in [0.1, 0.15) is 32.6 Å². The highest BCUT2D eigenvalue weighted by Crippen LogP contribution is 1.97. The van der Waals surface area contributed by atoms with E-state index in [2.05, 4.69) is 13.5 Å². The Bertz CT molecular complexity index is 143. The molecule has 0 saturated heterocycles. The van der Waals surface area contributed by atoms with Crippen LogP contribution >= 0.6 is 0 Å². The van der Waals surface area contributed by atoms with Gasteiger partial charge in [0.1, 0.15) is 0 Å². The van der Waals surface area contributed by atoms with E-state index in [1.165, 1.54) is 25.7 Å². The minimum atomic E-state index is 0.750. The number of unbranched alkanes of at least 4 members (excludes halogenated alkanes) is 3. The van der Waals surface area contributed by atoms with Crippen molar-refractivity contribution in [2.75, 3.05) is 0 Å². The second-order valence-corrected chi connectivity index (χ2v) is 1.99. The van der Waals surface area contributed by atoms with Gasteiger partial charge in [-0.25, -0.2) is 20.4 Å². The SMILES string of the molecule is C=CCCCCC.N=C=O.N=C=O. The Labute approximate surface area is 78.7 Å². The summed E-state index contributed by atoms with van der Waals surface area (Å²) in [7, 11) is 0. The zero-order valence-corrected chi connectivity index (χ0v) is 7.93. The molecule has 4 nitrogen and oxygen atoms in total. The number of isocyanates is 2. The average molecular weight is 184 g/mol. The molecule has 4 heteroatoms. The van der Waals surface area contributed by atoms with Gasteiger partial charge in [0.15, 0.2) is 0 Å². The summed E-state index contributed by atoms with van der Waals surface area (Å²) in [5, 5.41) is 10.8. The number of hydrogen-bond acceptors (Lipinski definition) is 4. The molecule has 0 fully saturated rings. The minimum Gasteiger partial charge on any atom is -0.222 e. The highest BCUT2D eigenvalue weighted by Gasteiger charge is 1.77. The smallest absolute Gasteiger partial charge is 0.222 e. The van der Waals surface area contributed by atoms with Crippen molar-refractivity contribution in [2.45, 2.75) is 32.6 Å². The van der Waals surface area contributed by atoms with Crippen molar-refractivity contribution in [1.29, 1.82) is 10.8 Å². The van der Waals surface area contributed by atoms with Crippen LogP contribution in [0.25, 0.3) is 0 Å². The van der Waals surface area contributed by atoms with E-state index in [4.69, 9.17) is 20.4 Å². The van der Waals surface area contributed by atoms with Crippen molar-refractivity contribution in [2.24, 2.45) is 0 Å². The first kappa shape index (κ1) is 17.5. The molecular weight excluding hydrogens is 168 g/mol. The van der Waals surface area contributed by atoms with Crippen molar-refractivity contribution in [3.8, 4) is 0 Å². The van der Waals surface area contributed by atoms with E-state index in [0.717, 1.165) is 12.2 Å². The van der Waals surface area contributed by atoms with Gasteiger partial charge in [0, 0.05) is 0 Å². The van der Waals surface area contributed by atoms with Crippen LogP contribution in [0.3, 0.4) is 0 Å². The van der Waals surface area contributed by atoms with Crippen molar-refractivity contribution in [1.82, 2.24) is 0 Å². The second-order valence-electron chi connectivity index (χ2n) is 1.99. The van der Waals surface area contributed by atoms with Gasteiger partial charge in [0.2, 0.25) is 12.2 Å². The third-order valence-corrected chi connectivity index (χ3v) is 1.01. The maximum atomic E-state index is 8.35. The van der Waals surface area contributed by atoms with Gasteiger partial charge < -0.3 is 0 Å². The van der Waals surface area contributed by atoms with Crippen LogP contribution in [0.5, 0.6) is 0 Å². The van der Waals surface area contributed by atoms with Crippen molar-refractivity contribution in [3.05, 3.63) is 12.7 Å². The van der Waals surface area contributed by atoms with Gasteiger partial charge in [-0.3, -0.25) is 0 Å². The van der Waals surface area contributed by atoms with E-state index in [1.807, 2.05) is 6.08 Å². The maximum absolute atomic E-state index is 8.35. The molecule has 0 aliphatic rings. The van der Waals surface area contributed by atoms with Gasteiger partial charge in [0.25, 0.3) is 0 Å². The second kappa shape index (κ2) is 31.3. The van der Waals surface area contributed by atoms with E-state index in [9.17, 15) is 0 Å². The van der Waals surface area contributed by atoms with Crippen LogP contribution in [0.4, 0.5) is 0 Å². The maximum Gasteiger partial charge on any atom is 0.231 e. The fraction of sp³-hybridized carbons (Fsp3) is 0.556. The summed E-state index contributed by atoms with van der Waals surface area (Å²) in [6.07, 6.45) is 8.66. The molecule has 0 aromatic rings. The Morgan fingerprint density at radius 3 is 1.85 bits per heavy atom. The molecule has 0 unspecified atom stereocenters. The first-order valence-corrected chi connectivity index (χ1v) is 3.93. The van der Waals surface area contributed by atoms with Crippen LogP contribution in [-0.4, -0.2) is 12.2 Å². The van der Waals surface area contributed by atoms with Gasteiger partial charge in [0.05, 0.1) is 0 Å². The molecule has 13 heavy (non-hydrogen) atoms. The summed E-state index contributed by atoms with van der Waals surface area (Å²) in [5.41, 5.74) is 0. The van der Waals surface area contributed by atoms with E-state index < -0.39 is 0 Å². The molecule has 0 spiro atoms. The molecular formula is C9H16N2O2. The van der Waals surface area contributed by atoms with E-state index >= 15 is 0 Å². The van der Waals surface area contributed by atoms with Crippen LogP contribution in [0, 0.1) is 10.8 Å². The largest absolute Gasteiger partial charge is 0.231 e. The summed E-state index contributed by atoms with van der Waals surface area (Å²) in [5.74, 6) is 0. The van der Waals surface area contributed by atoms with E-state index in [0.29, 0.717) is 0 Å². The lowest BCUT2D eigenvalue weighted by Crippen LogP contribution is -1.67. The topological polar surface area (TPSA) is 81.8 Å². The first-order chi connectivity index (χ1) is 6.24. The van der Waals surface area contributed by atoms with E-state index in [-0.39, 0.29) is 0 Å². The fourth-order valence-electron chi connectivity index (χ4n) is 0.539. The monoisotopic (exact) mass is 184 g/mol.